The third kappa shape index (κ3) is 3.98. The number of hydrogen-bond acceptors (Lipinski definition) is 4. The van der Waals surface area contributed by atoms with Crippen LogP contribution in [0.4, 0.5) is 4.39 Å². The fourth-order valence-corrected chi connectivity index (χ4v) is 3.48. The van der Waals surface area contributed by atoms with E-state index in [9.17, 15) is 17.6 Å². The molecule has 24 heavy (non-hydrogen) atoms. The predicted molar refractivity (Wildman–Crippen MR) is 87.7 cm³/mol. The van der Waals surface area contributed by atoms with Crippen molar-refractivity contribution in [3.63, 3.8) is 0 Å². The Balaban J connectivity index is 2.30. The van der Waals surface area contributed by atoms with Gasteiger partial charge >= 0.3 is 5.97 Å². The van der Waals surface area contributed by atoms with E-state index in [1.165, 1.54) is 43.5 Å². The largest absolute Gasteiger partial charge is 0.465 e. The monoisotopic (exact) mass is 351 g/mol. The molecule has 2 aromatic carbocycles. The summed E-state index contributed by atoms with van der Waals surface area (Å²) in [5, 5.41) is 0. The predicted octanol–water partition coefficient (Wildman–Crippen LogP) is 2.96. The van der Waals surface area contributed by atoms with Crippen LogP contribution in [0.15, 0.2) is 47.4 Å². The Hall–Kier alpha value is -2.25. The molecule has 0 aliphatic carbocycles. The van der Waals surface area contributed by atoms with Crippen molar-refractivity contribution in [2.75, 3.05) is 7.11 Å². The Labute approximate surface area is 140 Å². The highest BCUT2D eigenvalue weighted by molar-refractivity contribution is 7.89. The molecule has 0 aromatic heterocycles. The fraction of sp³-hybridized carbons (Fsp3) is 0.235. The average Bonchev–Trinajstić information content (AvgIpc) is 2.54. The van der Waals surface area contributed by atoms with Gasteiger partial charge in [-0.05, 0) is 49.2 Å². The van der Waals surface area contributed by atoms with Gasteiger partial charge in [0, 0.05) is 6.04 Å². The van der Waals surface area contributed by atoms with Crippen LogP contribution >= 0.6 is 0 Å². The van der Waals surface area contributed by atoms with Crippen molar-refractivity contribution in [3.05, 3.63) is 65.0 Å². The topological polar surface area (TPSA) is 72.5 Å². The van der Waals surface area contributed by atoms with Crippen molar-refractivity contribution < 1.29 is 22.3 Å². The molecular formula is C17H18FNO4S. The number of rotatable bonds is 5. The number of halogens is 1. The van der Waals surface area contributed by atoms with E-state index in [2.05, 4.69) is 9.46 Å². The second-order valence-corrected chi connectivity index (χ2v) is 7.08. The minimum Gasteiger partial charge on any atom is -0.465 e. The van der Waals surface area contributed by atoms with Crippen LogP contribution < -0.4 is 4.72 Å². The lowest BCUT2D eigenvalue weighted by molar-refractivity contribution is 0.0599. The summed E-state index contributed by atoms with van der Waals surface area (Å²) in [5.74, 6) is -0.994. The van der Waals surface area contributed by atoms with E-state index >= 15 is 0 Å². The van der Waals surface area contributed by atoms with Gasteiger partial charge in [0.05, 0.1) is 17.6 Å². The number of ether oxygens (including phenoxy) is 1. The molecule has 0 aliphatic rings. The van der Waals surface area contributed by atoms with Gasteiger partial charge in [-0.3, -0.25) is 0 Å². The van der Waals surface area contributed by atoms with Gasteiger partial charge in [0.1, 0.15) is 5.82 Å². The molecule has 128 valence electrons. The summed E-state index contributed by atoms with van der Waals surface area (Å²) in [4.78, 5) is 11.7. The van der Waals surface area contributed by atoms with Crippen molar-refractivity contribution in [1.29, 1.82) is 0 Å². The molecule has 2 aromatic rings. The van der Waals surface area contributed by atoms with Gasteiger partial charge in [-0.2, -0.15) is 0 Å². The molecule has 0 radical (unpaired) electrons. The molecule has 0 bridgehead atoms. The zero-order valence-corrected chi connectivity index (χ0v) is 14.4. The third-order valence-electron chi connectivity index (χ3n) is 3.63. The summed E-state index contributed by atoms with van der Waals surface area (Å²) in [6.07, 6.45) is 0. The quantitative estimate of drug-likeness (QED) is 0.841. The van der Waals surface area contributed by atoms with Crippen LogP contribution in [0.2, 0.25) is 0 Å². The number of benzene rings is 2. The van der Waals surface area contributed by atoms with Crippen molar-refractivity contribution in [3.8, 4) is 0 Å². The smallest absolute Gasteiger partial charge is 0.338 e. The van der Waals surface area contributed by atoms with Crippen LogP contribution in [0.5, 0.6) is 0 Å². The van der Waals surface area contributed by atoms with Gasteiger partial charge in [-0.1, -0.05) is 18.2 Å². The van der Waals surface area contributed by atoms with Gasteiger partial charge < -0.3 is 4.74 Å². The average molecular weight is 351 g/mol. The van der Waals surface area contributed by atoms with Gasteiger partial charge in [-0.15, -0.1) is 0 Å². The maximum Gasteiger partial charge on any atom is 0.338 e. The van der Waals surface area contributed by atoms with Crippen LogP contribution in [-0.4, -0.2) is 21.5 Å². The number of nitrogens with one attached hydrogen (secondary N) is 1. The molecule has 0 spiro atoms. The first-order valence-corrected chi connectivity index (χ1v) is 8.69. The zero-order valence-electron chi connectivity index (χ0n) is 13.5. The summed E-state index contributed by atoms with van der Waals surface area (Å²) in [7, 11) is -2.62. The number of methoxy groups -OCH3 is 1. The van der Waals surface area contributed by atoms with E-state index in [0.717, 1.165) is 0 Å². The Morgan fingerprint density at radius 1 is 1.17 bits per heavy atom. The standard InChI is InChI=1S/C17H18FNO4S/c1-11-4-9-15(10-16(11)17(20)23-3)24(21,22)19-12(2)13-5-7-14(18)8-6-13/h4-10,12,19H,1-3H3/t12-/m0/s1. The van der Waals surface area contributed by atoms with Crippen molar-refractivity contribution >= 4 is 16.0 Å². The first-order valence-electron chi connectivity index (χ1n) is 7.21. The summed E-state index contributed by atoms with van der Waals surface area (Å²) in [6, 6.07) is 9.24. The fourth-order valence-electron chi connectivity index (χ4n) is 2.22. The summed E-state index contributed by atoms with van der Waals surface area (Å²) >= 11 is 0. The third-order valence-corrected chi connectivity index (χ3v) is 5.16. The Morgan fingerprint density at radius 3 is 2.38 bits per heavy atom. The molecule has 0 fully saturated rings. The lowest BCUT2D eigenvalue weighted by atomic mass is 10.1. The molecule has 7 heteroatoms. The van der Waals surface area contributed by atoms with Gasteiger partial charge in [0.25, 0.3) is 0 Å². The highest BCUT2D eigenvalue weighted by atomic mass is 32.2. The number of sulfonamides is 1. The molecule has 1 N–H and O–H groups in total. The van der Waals surface area contributed by atoms with Crippen molar-refractivity contribution in [2.24, 2.45) is 0 Å². The number of aryl methyl sites for hydroxylation is 1. The van der Waals surface area contributed by atoms with E-state index in [1.54, 1.807) is 19.9 Å². The Kier molecular flexibility index (Phi) is 5.36. The van der Waals surface area contributed by atoms with E-state index in [-0.39, 0.29) is 10.5 Å². The number of hydrogen-bond donors (Lipinski definition) is 1. The minimum absolute atomic E-state index is 0.0394. The molecule has 0 heterocycles. The van der Waals surface area contributed by atoms with Gasteiger partial charge in [0.15, 0.2) is 0 Å². The van der Waals surface area contributed by atoms with Crippen molar-refractivity contribution in [1.82, 2.24) is 4.72 Å². The van der Waals surface area contributed by atoms with Crippen LogP contribution in [-0.2, 0) is 14.8 Å². The summed E-state index contributed by atoms with van der Waals surface area (Å²) in [6.45, 7) is 3.34. The van der Waals surface area contributed by atoms with Gasteiger partial charge in [-0.25, -0.2) is 22.3 Å². The molecule has 0 saturated carbocycles. The number of carbonyl (C=O) groups is 1. The maximum absolute atomic E-state index is 13.0. The first kappa shape index (κ1) is 18.1. The van der Waals surface area contributed by atoms with E-state index in [0.29, 0.717) is 11.1 Å². The minimum atomic E-state index is -3.85. The lowest BCUT2D eigenvalue weighted by Gasteiger charge is -2.15. The SMILES string of the molecule is COC(=O)c1cc(S(=O)(=O)N[C@@H](C)c2ccc(F)cc2)ccc1C. The van der Waals surface area contributed by atoms with Gasteiger partial charge in [0.2, 0.25) is 10.0 Å². The lowest BCUT2D eigenvalue weighted by Crippen LogP contribution is -2.27. The van der Waals surface area contributed by atoms with E-state index in [4.69, 9.17) is 0 Å². The molecule has 0 unspecified atom stereocenters. The molecule has 0 aliphatic heterocycles. The molecule has 5 nitrogen and oxygen atoms in total. The van der Waals surface area contributed by atoms with E-state index < -0.39 is 27.9 Å². The van der Waals surface area contributed by atoms with Crippen LogP contribution in [0.3, 0.4) is 0 Å². The van der Waals surface area contributed by atoms with Crippen LogP contribution in [0.25, 0.3) is 0 Å². The molecule has 0 amide bonds. The highest BCUT2D eigenvalue weighted by Gasteiger charge is 2.21. The second-order valence-electron chi connectivity index (χ2n) is 5.36. The number of carbonyl (C=O) groups excluding carboxylic acids is 1. The normalized spacial score (nSPS) is 12.7. The Morgan fingerprint density at radius 2 is 1.79 bits per heavy atom. The molecular weight excluding hydrogens is 333 g/mol. The number of esters is 1. The van der Waals surface area contributed by atoms with E-state index in [1.807, 2.05) is 0 Å². The van der Waals surface area contributed by atoms with Crippen molar-refractivity contribution in [2.45, 2.75) is 24.8 Å². The van der Waals surface area contributed by atoms with Crippen LogP contribution in [0.1, 0.15) is 34.5 Å². The first-order chi connectivity index (χ1) is 11.2. The zero-order chi connectivity index (χ0) is 17.9. The molecule has 2 rings (SSSR count). The summed E-state index contributed by atoms with van der Waals surface area (Å²) in [5.41, 5.74) is 1.43. The van der Waals surface area contributed by atoms with Crippen LogP contribution in [0, 0.1) is 12.7 Å². The highest BCUT2D eigenvalue weighted by Crippen LogP contribution is 2.20. The molecule has 1 atom stereocenters. The summed E-state index contributed by atoms with van der Waals surface area (Å²) < 4.78 is 45.2. The Bertz CT molecular complexity index is 847. The molecule has 0 saturated heterocycles. The maximum atomic E-state index is 13.0. The second kappa shape index (κ2) is 7.11.